The zero-order chi connectivity index (χ0) is 35.7. The quantitative estimate of drug-likeness (QED) is 0.119. The van der Waals surface area contributed by atoms with Crippen LogP contribution in [0.5, 0.6) is 0 Å². The molecule has 4 saturated carbocycles. The van der Waals surface area contributed by atoms with Gasteiger partial charge in [0, 0.05) is 28.9 Å². The lowest BCUT2D eigenvalue weighted by atomic mass is 9.42. The van der Waals surface area contributed by atoms with E-state index in [4.69, 9.17) is 0 Å². The number of hydrogen-bond acceptors (Lipinski definition) is 1. The fraction of sp³-hybridized carbons (Fsp3) is 0.196. The van der Waals surface area contributed by atoms with E-state index in [1.807, 2.05) is 12.4 Å². The number of hydrogen-bond donors (Lipinski definition) is 0. The molecule has 6 aromatic carbocycles. The van der Waals surface area contributed by atoms with Gasteiger partial charge >= 0.3 is 0 Å². The van der Waals surface area contributed by atoms with Crippen LogP contribution in [0.15, 0.2) is 182 Å². The first-order chi connectivity index (χ1) is 26.7. The van der Waals surface area contributed by atoms with Crippen molar-refractivity contribution in [2.75, 3.05) is 0 Å². The van der Waals surface area contributed by atoms with E-state index in [1.165, 1.54) is 86.8 Å². The van der Waals surface area contributed by atoms with E-state index in [0.29, 0.717) is 0 Å². The zero-order valence-electron chi connectivity index (χ0n) is 30.6. The summed E-state index contributed by atoms with van der Waals surface area (Å²) in [7, 11) is -2.55. The first kappa shape index (κ1) is 32.0. The maximum absolute atomic E-state index is 4.47. The Hall–Kier alpha value is -5.51. The van der Waals surface area contributed by atoms with E-state index in [-0.39, 0.29) is 10.8 Å². The molecule has 4 aliphatic rings. The molecule has 4 fully saturated rings. The van der Waals surface area contributed by atoms with Crippen molar-refractivity contribution < 1.29 is 0 Å². The molecule has 4 bridgehead atoms. The van der Waals surface area contributed by atoms with Gasteiger partial charge in [0.15, 0.2) is 8.07 Å². The minimum Gasteiger partial charge on any atom is -0.309 e. The minimum atomic E-state index is -2.55. The SMILES string of the molecule is c1ccc([Si](c2ccccc2)(c2ccccc2)c2ccc(C34CC5CC(CC(c6ccc(-n7c8ccccc8c8cnccc87)cc6)(C5)C3)C4)cc2)cc1. The van der Waals surface area contributed by atoms with E-state index < -0.39 is 8.07 Å². The number of fused-ring (bicyclic) bond motifs is 3. The van der Waals surface area contributed by atoms with Gasteiger partial charge in [-0.25, -0.2) is 0 Å². The molecule has 2 unspecified atom stereocenters. The number of aromatic nitrogens is 2. The van der Waals surface area contributed by atoms with Gasteiger partial charge in [0.25, 0.3) is 0 Å². The van der Waals surface area contributed by atoms with Crippen LogP contribution in [0.25, 0.3) is 27.5 Å². The molecule has 0 amide bonds. The van der Waals surface area contributed by atoms with Gasteiger partial charge < -0.3 is 4.57 Å². The van der Waals surface area contributed by atoms with Crippen LogP contribution in [-0.4, -0.2) is 17.6 Å². The Morgan fingerprint density at radius 2 is 0.926 bits per heavy atom. The van der Waals surface area contributed by atoms with E-state index in [1.54, 1.807) is 11.1 Å². The van der Waals surface area contributed by atoms with E-state index >= 15 is 0 Å². The first-order valence-corrected chi connectivity index (χ1v) is 21.9. The third kappa shape index (κ3) is 4.74. The summed E-state index contributed by atoms with van der Waals surface area (Å²) in [6, 6.07) is 64.8. The Labute approximate surface area is 319 Å². The molecule has 2 atom stereocenters. The predicted molar refractivity (Wildman–Crippen MR) is 227 cm³/mol. The maximum Gasteiger partial charge on any atom is 0.179 e. The molecule has 0 radical (unpaired) electrons. The fourth-order valence-corrected chi connectivity index (χ4v) is 16.9. The second-order valence-corrected chi connectivity index (χ2v) is 20.5. The van der Waals surface area contributed by atoms with Crippen LogP contribution in [0.3, 0.4) is 0 Å². The van der Waals surface area contributed by atoms with Crippen LogP contribution < -0.4 is 20.7 Å². The molecule has 2 nitrogen and oxygen atoms in total. The smallest absolute Gasteiger partial charge is 0.179 e. The molecule has 262 valence electrons. The normalized spacial score (nSPS) is 23.3. The fourth-order valence-electron chi connectivity index (χ4n) is 12.1. The molecule has 3 heteroatoms. The summed E-state index contributed by atoms with van der Waals surface area (Å²) in [6.45, 7) is 0. The largest absolute Gasteiger partial charge is 0.309 e. The van der Waals surface area contributed by atoms with Gasteiger partial charge in [0.05, 0.1) is 11.0 Å². The van der Waals surface area contributed by atoms with Gasteiger partial charge in [-0.1, -0.05) is 146 Å². The molecule has 4 aliphatic carbocycles. The molecular formula is C51H44N2Si. The first-order valence-electron chi connectivity index (χ1n) is 19.9. The van der Waals surface area contributed by atoms with Gasteiger partial charge in [0.1, 0.15) is 0 Å². The van der Waals surface area contributed by atoms with Gasteiger partial charge in [-0.3, -0.25) is 4.98 Å². The summed E-state index contributed by atoms with van der Waals surface area (Å²) >= 11 is 0. The highest BCUT2D eigenvalue weighted by molar-refractivity contribution is 7.19. The van der Waals surface area contributed by atoms with E-state index in [0.717, 1.165) is 11.8 Å². The number of rotatable bonds is 7. The summed E-state index contributed by atoms with van der Waals surface area (Å²) in [4.78, 5) is 4.47. The second kappa shape index (κ2) is 12.3. The summed E-state index contributed by atoms with van der Waals surface area (Å²) in [5, 5.41) is 8.24. The standard InChI is InChI=1S/C51H44N2Si/c1-4-12-42(13-5-1)54(43-14-6-2-7-15-43,44-16-8-3-9-17-44)45-26-22-40(23-27-45)51-33-37-30-38(34-51)32-50(31-37,36-51)39-20-24-41(25-21-39)53-48-19-11-10-18-46(48)47-35-52-29-28-49(47)53/h1-29,35,37-38H,30-34,36H2. The lowest BCUT2D eigenvalue weighted by Crippen LogP contribution is -2.74. The summed E-state index contributed by atoms with van der Waals surface area (Å²) < 4.78 is 2.42. The molecule has 2 heterocycles. The van der Waals surface area contributed by atoms with E-state index in [2.05, 4.69) is 179 Å². The zero-order valence-corrected chi connectivity index (χ0v) is 31.6. The lowest BCUT2D eigenvalue weighted by molar-refractivity contribution is -0.0281. The van der Waals surface area contributed by atoms with Crippen molar-refractivity contribution >= 4 is 50.6 Å². The third-order valence-corrected chi connectivity index (χ3v) is 18.6. The van der Waals surface area contributed by atoms with Gasteiger partial charge in [-0.05, 0) is 117 Å². The molecule has 8 aromatic rings. The van der Waals surface area contributed by atoms with Crippen molar-refractivity contribution in [1.82, 2.24) is 9.55 Å². The molecule has 0 saturated heterocycles. The van der Waals surface area contributed by atoms with E-state index in [9.17, 15) is 0 Å². The molecule has 0 spiro atoms. The summed E-state index contributed by atoms with van der Waals surface area (Å²) in [5.74, 6) is 1.59. The topological polar surface area (TPSA) is 17.8 Å². The highest BCUT2D eigenvalue weighted by Crippen LogP contribution is 2.66. The van der Waals surface area contributed by atoms with Gasteiger partial charge in [0.2, 0.25) is 0 Å². The molecule has 0 aliphatic heterocycles. The third-order valence-electron chi connectivity index (χ3n) is 13.8. The van der Waals surface area contributed by atoms with Crippen molar-refractivity contribution in [3.63, 3.8) is 0 Å². The highest BCUT2D eigenvalue weighted by Gasteiger charge is 2.58. The Bertz CT molecular complexity index is 2450. The Morgan fingerprint density at radius 1 is 0.463 bits per heavy atom. The van der Waals surface area contributed by atoms with Crippen molar-refractivity contribution in [2.24, 2.45) is 11.8 Å². The second-order valence-electron chi connectivity index (χ2n) is 16.7. The molecular weight excluding hydrogens is 669 g/mol. The van der Waals surface area contributed by atoms with Gasteiger partial charge in [-0.15, -0.1) is 0 Å². The number of para-hydroxylation sites is 1. The number of benzene rings is 6. The van der Waals surface area contributed by atoms with Crippen LogP contribution in [0.2, 0.25) is 0 Å². The predicted octanol–water partition coefficient (Wildman–Crippen LogP) is 9.35. The lowest BCUT2D eigenvalue weighted by Gasteiger charge is -2.63. The van der Waals surface area contributed by atoms with Crippen molar-refractivity contribution in [3.8, 4) is 5.69 Å². The van der Waals surface area contributed by atoms with Crippen molar-refractivity contribution in [2.45, 2.75) is 49.4 Å². The Balaban J connectivity index is 0.984. The summed E-state index contributed by atoms with van der Waals surface area (Å²) in [5.41, 5.74) is 7.28. The van der Waals surface area contributed by atoms with Crippen LogP contribution in [-0.2, 0) is 10.8 Å². The number of pyridine rings is 1. The van der Waals surface area contributed by atoms with Crippen molar-refractivity contribution in [3.05, 3.63) is 193 Å². The summed E-state index contributed by atoms with van der Waals surface area (Å²) in [6.07, 6.45) is 11.9. The maximum atomic E-state index is 4.47. The van der Waals surface area contributed by atoms with Crippen molar-refractivity contribution in [1.29, 1.82) is 0 Å². The minimum absolute atomic E-state index is 0.234. The average molecular weight is 713 g/mol. The Morgan fingerprint density at radius 3 is 1.48 bits per heavy atom. The van der Waals surface area contributed by atoms with Crippen LogP contribution >= 0.6 is 0 Å². The van der Waals surface area contributed by atoms with Crippen LogP contribution in [0.1, 0.15) is 49.7 Å². The average Bonchev–Trinajstić information content (AvgIpc) is 3.57. The molecule has 2 aromatic heterocycles. The van der Waals surface area contributed by atoms with Crippen LogP contribution in [0, 0.1) is 11.8 Å². The monoisotopic (exact) mass is 712 g/mol. The highest BCUT2D eigenvalue weighted by atomic mass is 28.3. The molecule has 0 N–H and O–H groups in total. The molecule has 54 heavy (non-hydrogen) atoms. The van der Waals surface area contributed by atoms with Gasteiger partial charge in [-0.2, -0.15) is 0 Å². The Kier molecular flexibility index (Phi) is 7.26. The molecule has 12 rings (SSSR count). The number of nitrogens with zero attached hydrogens (tertiary/aromatic N) is 2. The van der Waals surface area contributed by atoms with Crippen LogP contribution in [0.4, 0.5) is 0 Å².